The highest BCUT2D eigenvalue weighted by molar-refractivity contribution is 5.89. The van der Waals surface area contributed by atoms with E-state index in [1.807, 2.05) is 23.1 Å². The molecule has 0 spiro atoms. The van der Waals surface area contributed by atoms with Crippen molar-refractivity contribution < 1.29 is 28.5 Å². The standard InChI is InChI=1S/C24H31N3O6/c1-5-33-24(29)18-7-10-20(25-16-18)26-12-14-27(15-13-26)21(28)11-8-17-6-9-19(30-2)23(32-4)22(17)31-3/h6-7,9-10,16H,5,8,11-15H2,1-4H3. The summed E-state index contributed by atoms with van der Waals surface area (Å²) < 4.78 is 21.2. The maximum Gasteiger partial charge on any atom is 0.339 e. The highest BCUT2D eigenvalue weighted by Gasteiger charge is 2.23. The Balaban J connectivity index is 1.54. The van der Waals surface area contributed by atoms with Gasteiger partial charge in [0.15, 0.2) is 11.5 Å². The number of carbonyl (C=O) groups excluding carboxylic acids is 2. The van der Waals surface area contributed by atoms with Crippen LogP contribution in [-0.2, 0) is 16.0 Å². The SMILES string of the molecule is CCOC(=O)c1ccc(N2CCN(C(=O)CCc3ccc(OC)c(OC)c3OC)CC2)nc1. The Hall–Kier alpha value is -3.49. The topological polar surface area (TPSA) is 90.4 Å². The fourth-order valence-corrected chi connectivity index (χ4v) is 3.85. The molecule has 1 saturated heterocycles. The van der Waals surface area contributed by atoms with Crippen LogP contribution in [0.15, 0.2) is 30.5 Å². The molecule has 178 valence electrons. The summed E-state index contributed by atoms with van der Waals surface area (Å²) in [4.78, 5) is 33.0. The van der Waals surface area contributed by atoms with E-state index >= 15 is 0 Å². The van der Waals surface area contributed by atoms with E-state index < -0.39 is 0 Å². The van der Waals surface area contributed by atoms with Crippen molar-refractivity contribution in [2.45, 2.75) is 19.8 Å². The monoisotopic (exact) mass is 457 g/mol. The van der Waals surface area contributed by atoms with E-state index in [4.69, 9.17) is 18.9 Å². The Kier molecular flexibility index (Phi) is 8.34. The number of piperazine rings is 1. The van der Waals surface area contributed by atoms with Gasteiger partial charge in [0.2, 0.25) is 11.7 Å². The second-order valence-electron chi connectivity index (χ2n) is 7.49. The Morgan fingerprint density at radius 1 is 0.939 bits per heavy atom. The molecule has 0 atom stereocenters. The van der Waals surface area contributed by atoms with Gasteiger partial charge in [0, 0.05) is 38.8 Å². The Morgan fingerprint density at radius 2 is 1.67 bits per heavy atom. The van der Waals surface area contributed by atoms with E-state index in [1.54, 1.807) is 34.3 Å². The molecule has 1 aliphatic rings. The average molecular weight is 458 g/mol. The van der Waals surface area contributed by atoms with Crippen LogP contribution in [0.4, 0.5) is 5.82 Å². The number of ether oxygens (including phenoxy) is 4. The summed E-state index contributed by atoms with van der Waals surface area (Å²) in [6.45, 7) is 4.68. The lowest BCUT2D eigenvalue weighted by Crippen LogP contribution is -2.49. The van der Waals surface area contributed by atoms with E-state index in [2.05, 4.69) is 9.88 Å². The van der Waals surface area contributed by atoms with E-state index in [-0.39, 0.29) is 11.9 Å². The van der Waals surface area contributed by atoms with Gasteiger partial charge >= 0.3 is 5.97 Å². The Bertz CT molecular complexity index is 955. The number of amides is 1. The number of hydrogen-bond donors (Lipinski definition) is 0. The molecule has 0 N–H and O–H groups in total. The van der Waals surface area contributed by atoms with Gasteiger partial charge < -0.3 is 28.7 Å². The number of aryl methyl sites for hydroxylation is 1. The summed E-state index contributed by atoms with van der Waals surface area (Å²) in [6, 6.07) is 7.25. The predicted molar refractivity (Wildman–Crippen MR) is 123 cm³/mol. The van der Waals surface area contributed by atoms with Crippen LogP contribution in [0.2, 0.25) is 0 Å². The van der Waals surface area contributed by atoms with Gasteiger partial charge in [0.25, 0.3) is 0 Å². The number of nitrogens with zero attached hydrogens (tertiary/aromatic N) is 3. The first-order valence-electron chi connectivity index (χ1n) is 11.0. The molecular formula is C24H31N3O6. The first-order valence-corrected chi connectivity index (χ1v) is 11.0. The largest absolute Gasteiger partial charge is 0.493 e. The Labute approximate surface area is 194 Å². The van der Waals surface area contributed by atoms with Gasteiger partial charge in [-0.25, -0.2) is 9.78 Å². The number of carbonyl (C=O) groups is 2. The van der Waals surface area contributed by atoms with E-state index in [0.717, 1.165) is 11.4 Å². The normalized spacial score (nSPS) is 13.5. The lowest BCUT2D eigenvalue weighted by Gasteiger charge is -2.35. The molecule has 2 aromatic rings. The van der Waals surface area contributed by atoms with Crippen LogP contribution < -0.4 is 19.1 Å². The maximum atomic E-state index is 12.8. The smallest absolute Gasteiger partial charge is 0.339 e. The van der Waals surface area contributed by atoms with E-state index in [1.165, 1.54) is 6.20 Å². The van der Waals surface area contributed by atoms with Crippen molar-refractivity contribution in [2.75, 3.05) is 59.0 Å². The summed E-state index contributed by atoms with van der Waals surface area (Å²) in [5, 5.41) is 0. The van der Waals surface area contributed by atoms with Gasteiger partial charge in [-0.15, -0.1) is 0 Å². The maximum absolute atomic E-state index is 12.8. The van der Waals surface area contributed by atoms with Crippen molar-refractivity contribution in [2.24, 2.45) is 0 Å². The highest BCUT2D eigenvalue weighted by Crippen LogP contribution is 2.40. The first kappa shape index (κ1) is 24.2. The molecule has 0 aliphatic carbocycles. The number of hydrogen-bond acceptors (Lipinski definition) is 8. The minimum atomic E-state index is -0.377. The lowest BCUT2D eigenvalue weighted by molar-refractivity contribution is -0.131. The molecule has 1 aromatic carbocycles. The molecular weight excluding hydrogens is 426 g/mol. The summed E-state index contributed by atoms with van der Waals surface area (Å²) in [5.41, 5.74) is 1.33. The number of rotatable bonds is 9. The van der Waals surface area contributed by atoms with Crippen molar-refractivity contribution in [3.63, 3.8) is 0 Å². The molecule has 0 saturated carbocycles. The molecule has 9 heteroatoms. The van der Waals surface area contributed by atoms with E-state index in [9.17, 15) is 9.59 Å². The third kappa shape index (κ3) is 5.66. The summed E-state index contributed by atoms with van der Waals surface area (Å²) in [5.74, 6) is 2.21. The van der Waals surface area contributed by atoms with Gasteiger partial charge in [-0.05, 0) is 37.1 Å². The van der Waals surface area contributed by atoms with Crippen LogP contribution >= 0.6 is 0 Å². The highest BCUT2D eigenvalue weighted by atomic mass is 16.5. The molecule has 3 rings (SSSR count). The molecule has 0 bridgehead atoms. The first-order chi connectivity index (χ1) is 16.0. The predicted octanol–water partition coefficient (Wildman–Crippen LogP) is 2.57. The van der Waals surface area contributed by atoms with Gasteiger partial charge in [-0.3, -0.25) is 4.79 Å². The van der Waals surface area contributed by atoms with Crippen molar-refractivity contribution in [1.82, 2.24) is 9.88 Å². The van der Waals surface area contributed by atoms with Crippen LogP contribution in [-0.4, -0.2) is 75.9 Å². The second kappa shape index (κ2) is 11.4. The zero-order chi connectivity index (χ0) is 23.8. The molecule has 0 unspecified atom stereocenters. The zero-order valence-electron chi connectivity index (χ0n) is 19.6. The summed E-state index contributed by atoms with van der Waals surface area (Å²) in [6.07, 6.45) is 2.44. The molecule has 1 fully saturated rings. The van der Waals surface area contributed by atoms with Gasteiger partial charge in [0.05, 0.1) is 33.5 Å². The molecule has 1 amide bonds. The quantitative estimate of drug-likeness (QED) is 0.531. The van der Waals surface area contributed by atoms with Crippen LogP contribution in [0.1, 0.15) is 29.3 Å². The molecule has 1 aromatic heterocycles. The third-order valence-corrected chi connectivity index (χ3v) is 5.61. The number of benzene rings is 1. The second-order valence-corrected chi connectivity index (χ2v) is 7.49. The summed E-state index contributed by atoms with van der Waals surface area (Å²) in [7, 11) is 4.72. The summed E-state index contributed by atoms with van der Waals surface area (Å²) >= 11 is 0. The average Bonchev–Trinajstić information content (AvgIpc) is 2.86. The fraction of sp³-hybridized carbons (Fsp3) is 0.458. The Morgan fingerprint density at radius 3 is 2.24 bits per heavy atom. The van der Waals surface area contributed by atoms with E-state index in [0.29, 0.717) is 68.4 Å². The van der Waals surface area contributed by atoms with Crippen LogP contribution in [0.5, 0.6) is 17.2 Å². The number of aromatic nitrogens is 1. The fourth-order valence-electron chi connectivity index (χ4n) is 3.85. The zero-order valence-corrected chi connectivity index (χ0v) is 19.6. The molecule has 33 heavy (non-hydrogen) atoms. The minimum Gasteiger partial charge on any atom is -0.493 e. The number of anilines is 1. The van der Waals surface area contributed by atoms with Crippen molar-refractivity contribution in [3.8, 4) is 17.2 Å². The van der Waals surface area contributed by atoms with Gasteiger partial charge in [-0.1, -0.05) is 6.07 Å². The van der Waals surface area contributed by atoms with Crippen LogP contribution in [0.3, 0.4) is 0 Å². The van der Waals surface area contributed by atoms with Gasteiger partial charge in [-0.2, -0.15) is 0 Å². The van der Waals surface area contributed by atoms with Crippen LogP contribution in [0, 0.1) is 0 Å². The van der Waals surface area contributed by atoms with Crippen molar-refractivity contribution in [1.29, 1.82) is 0 Å². The molecule has 2 heterocycles. The molecule has 1 aliphatic heterocycles. The van der Waals surface area contributed by atoms with Crippen molar-refractivity contribution in [3.05, 3.63) is 41.6 Å². The number of esters is 1. The minimum absolute atomic E-state index is 0.0945. The molecule has 0 radical (unpaired) electrons. The van der Waals surface area contributed by atoms with Crippen molar-refractivity contribution >= 4 is 17.7 Å². The lowest BCUT2D eigenvalue weighted by atomic mass is 10.1. The third-order valence-electron chi connectivity index (χ3n) is 5.61. The number of methoxy groups -OCH3 is 3. The molecule has 9 nitrogen and oxygen atoms in total. The van der Waals surface area contributed by atoms with Gasteiger partial charge in [0.1, 0.15) is 5.82 Å². The number of pyridine rings is 1. The van der Waals surface area contributed by atoms with Crippen LogP contribution in [0.25, 0.3) is 0 Å².